The Morgan fingerprint density at radius 3 is 2.23 bits per heavy atom. The molecule has 2 aromatic carbocycles. The number of halogens is 2. The van der Waals surface area contributed by atoms with Crippen molar-refractivity contribution in [2.24, 2.45) is 0 Å². The second-order valence-corrected chi connectivity index (χ2v) is 6.09. The van der Waals surface area contributed by atoms with E-state index in [1.807, 2.05) is 0 Å². The third-order valence-corrected chi connectivity index (χ3v) is 3.77. The molecule has 0 radical (unpaired) electrons. The number of hydrogen-bond acceptors (Lipinski definition) is 4. The van der Waals surface area contributed by atoms with Crippen LogP contribution in [0.15, 0.2) is 42.5 Å². The van der Waals surface area contributed by atoms with Crippen molar-refractivity contribution >= 4 is 46.6 Å². The van der Waals surface area contributed by atoms with Gasteiger partial charge in [0.1, 0.15) is 5.75 Å². The fourth-order valence-corrected chi connectivity index (χ4v) is 2.43. The van der Waals surface area contributed by atoms with Crippen LogP contribution in [0.4, 0.5) is 16.2 Å². The highest BCUT2D eigenvalue weighted by Crippen LogP contribution is 2.28. The Labute approximate surface area is 161 Å². The summed E-state index contributed by atoms with van der Waals surface area (Å²) >= 11 is 11.9. The number of hydrogen-bond donors (Lipinski definition) is 2. The summed E-state index contributed by atoms with van der Waals surface area (Å²) in [6, 6.07) is 11.4. The van der Waals surface area contributed by atoms with Crippen molar-refractivity contribution < 1.29 is 19.1 Å². The normalized spacial score (nSPS) is 11.4. The number of carbonyl (C=O) groups is 2. The zero-order valence-electron chi connectivity index (χ0n) is 14.2. The molecule has 0 aliphatic rings. The van der Waals surface area contributed by atoms with E-state index in [-0.39, 0.29) is 12.5 Å². The molecule has 2 amide bonds. The van der Waals surface area contributed by atoms with Crippen LogP contribution in [0, 0.1) is 0 Å². The van der Waals surface area contributed by atoms with Crippen LogP contribution in [0.2, 0.25) is 10.0 Å². The summed E-state index contributed by atoms with van der Waals surface area (Å²) in [5.74, 6) is 0.0230. The highest BCUT2D eigenvalue weighted by Gasteiger charge is 2.16. The number of amides is 2. The summed E-state index contributed by atoms with van der Waals surface area (Å²) in [4.78, 5) is 23.6. The van der Waals surface area contributed by atoms with Crippen LogP contribution < -0.4 is 15.4 Å². The highest BCUT2D eigenvalue weighted by atomic mass is 35.5. The van der Waals surface area contributed by atoms with E-state index in [2.05, 4.69) is 10.6 Å². The highest BCUT2D eigenvalue weighted by molar-refractivity contribution is 6.35. The molecule has 0 aliphatic carbocycles. The average molecular weight is 397 g/mol. The second kappa shape index (κ2) is 9.31. The monoisotopic (exact) mass is 396 g/mol. The SMILES string of the molecule is CCOC(=O)Nc1ccc(NC(=O)[C@H](C)Oc2ccc(Cl)cc2Cl)cc1. The van der Waals surface area contributed by atoms with Gasteiger partial charge in [0.2, 0.25) is 0 Å². The van der Waals surface area contributed by atoms with Crippen molar-refractivity contribution in [1.29, 1.82) is 0 Å². The third kappa shape index (κ3) is 5.82. The average Bonchev–Trinajstić information content (AvgIpc) is 2.59. The van der Waals surface area contributed by atoms with Gasteiger partial charge in [-0.3, -0.25) is 10.1 Å². The summed E-state index contributed by atoms with van der Waals surface area (Å²) in [7, 11) is 0. The molecule has 0 bridgehead atoms. The molecule has 0 unspecified atom stereocenters. The molecule has 6 nitrogen and oxygen atoms in total. The van der Waals surface area contributed by atoms with Gasteiger partial charge in [0.25, 0.3) is 5.91 Å². The lowest BCUT2D eigenvalue weighted by Gasteiger charge is -2.16. The van der Waals surface area contributed by atoms with Crippen molar-refractivity contribution in [3.63, 3.8) is 0 Å². The molecule has 0 spiro atoms. The van der Waals surface area contributed by atoms with E-state index >= 15 is 0 Å². The van der Waals surface area contributed by atoms with Crippen LogP contribution in [-0.4, -0.2) is 24.7 Å². The van der Waals surface area contributed by atoms with Gasteiger partial charge in [-0.05, 0) is 56.3 Å². The van der Waals surface area contributed by atoms with Crippen LogP contribution in [0.25, 0.3) is 0 Å². The first-order valence-corrected chi connectivity index (χ1v) is 8.61. The topological polar surface area (TPSA) is 76.7 Å². The van der Waals surface area contributed by atoms with Crippen molar-refractivity contribution in [3.05, 3.63) is 52.5 Å². The smallest absolute Gasteiger partial charge is 0.411 e. The first kappa shape index (κ1) is 19.9. The number of benzene rings is 2. The maximum atomic E-state index is 12.2. The lowest BCUT2D eigenvalue weighted by Crippen LogP contribution is -2.30. The minimum absolute atomic E-state index is 0.287. The van der Waals surface area contributed by atoms with Crippen LogP contribution in [0.3, 0.4) is 0 Å². The zero-order valence-corrected chi connectivity index (χ0v) is 15.7. The van der Waals surface area contributed by atoms with Gasteiger partial charge in [0.15, 0.2) is 6.10 Å². The van der Waals surface area contributed by atoms with Gasteiger partial charge in [-0.15, -0.1) is 0 Å². The summed E-state index contributed by atoms with van der Waals surface area (Å²) in [6.45, 7) is 3.62. The molecule has 8 heteroatoms. The van der Waals surface area contributed by atoms with Gasteiger partial charge < -0.3 is 14.8 Å². The van der Waals surface area contributed by atoms with Crippen molar-refractivity contribution in [2.45, 2.75) is 20.0 Å². The fourth-order valence-electron chi connectivity index (χ4n) is 1.98. The number of carbonyl (C=O) groups excluding carboxylic acids is 2. The van der Waals surface area contributed by atoms with Gasteiger partial charge in [-0.1, -0.05) is 23.2 Å². The standard InChI is InChI=1S/C18H18Cl2N2O4/c1-3-25-18(24)22-14-7-5-13(6-8-14)21-17(23)11(2)26-16-9-4-12(19)10-15(16)20/h4-11H,3H2,1-2H3,(H,21,23)(H,22,24)/t11-/m0/s1. The molecule has 2 N–H and O–H groups in total. The van der Waals surface area contributed by atoms with Crippen molar-refractivity contribution in [3.8, 4) is 5.75 Å². The number of rotatable bonds is 6. The molecule has 2 rings (SSSR count). The molecule has 1 atom stereocenters. The summed E-state index contributed by atoms with van der Waals surface area (Å²) < 4.78 is 10.4. The van der Waals surface area contributed by atoms with Crippen LogP contribution in [-0.2, 0) is 9.53 Å². The minimum atomic E-state index is -0.772. The second-order valence-electron chi connectivity index (χ2n) is 5.25. The van der Waals surface area contributed by atoms with Gasteiger partial charge in [0.05, 0.1) is 11.6 Å². The lowest BCUT2D eigenvalue weighted by atomic mass is 10.2. The van der Waals surface area contributed by atoms with E-state index in [0.717, 1.165) is 0 Å². The molecule has 26 heavy (non-hydrogen) atoms. The largest absolute Gasteiger partial charge is 0.479 e. The molecule has 0 saturated heterocycles. The van der Waals surface area contributed by atoms with E-state index < -0.39 is 12.2 Å². The number of nitrogens with one attached hydrogen (secondary N) is 2. The number of anilines is 2. The van der Waals surface area contributed by atoms with Gasteiger partial charge in [-0.2, -0.15) is 0 Å². The Morgan fingerprint density at radius 2 is 1.65 bits per heavy atom. The molecule has 2 aromatic rings. The van der Waals surface area contributed by atoms with E-state index in [1.54, 1.807) is 56.3 Å². The van der Waals surface area contributed by atoms with E-state index in [0.29, 0.717) is 27.2 Å². The first-order chi connectivity index (χ1) is 12.4. The predicted octanol–water partition coefficient (Wildman–Crippen LogP) is 4.97. The van der Waals surface area contributed by atoms with Crippen molar-refractivity contribution in [2.75, 3.05) is 17.2 Å². The fraction of sp³-hybridized carbons (Fsp3) is 0.222. The van der Waals surface area contributed by atoms with E-state index in [4.69, 9.17) is 32.7 Å². The maximum Gasteiger partial charge on any atom is 0.411 e. The Bertz CT molecular complexity index is 781. The molecule has 0 aliphatic heterocycles. The predicted molar refractivity (Wildman–Crippen MR) is 102 cm³/mol. The molecule has 138 valence electrons. The minimum Gasteiger partial charge on any atom is -0.479 e. The maximum absolute atomic E-state index is 12.2. The Morgan fingerprint density at radius 1 is 1.04 bits per heavy atom. The van der Waals surface area contributed by atoms with Gasteiger partial charge >= 0.3 is 6.09 Å². The van der Waals surface area contributed by atoms with Crippen LogP contribution in [0.5, 0.6) is 5.75 Å². The third-order valence-electron chi connectivity index (χ3n) is 3.24. The molecular formula is C18H18Cl2N2O4. The van der Waals surface area contributed by atoms with Crippen LogP contribution >= 0.6 is 23.2 Å². The van der Waals surface area contributed by atoms with Crippen LogP contribution in [0.1, 0.15) is 13.8 Å². The van der Waals surface area contributed by atoms with Gasteiger partial charge in [0, 0.05) is 16.4 Å². The summed E-state index contributed by atoms with van der Waals surface area (Å²) in [5.41, 5.74) is 1.11. The molecule has 0 fully saturated rings. The Balaban J connectivity index is 1.92. The summed E-state index contributed by atoms with van der Waals surface area (Å²) in [5, 5.41) is 6.09. The molecule has 0 heterocycles. The molecule has 0 saturated carbocycles. The Kier molecular flexibility index (Phi) is 7.12. The quantitative estimate of drug-likeness (QED) is 0.722. The Hall–Kier alpha value is -2.44. The van der Waals surface area contributed by atoms with E-state index in [9.17, 15) is 9.59 Å². The van der Waals surface area contributed by atoms with E-state index in [1.165, 1.54) is 0 Å². The first-order valence-electron chi connectivity index (χ1n) is 7.85. The van der Waals surface area contributed by atoms with Crippen molar-refractivity contribution in [1.82, 2.24) is 0 Å². The molecular weight excluding hydrogens is 379 g/mol. The summed E-state index contributed by atoms with van der Waals surface area (Å²) in [6.07, 6.45) is -1.31. The number of ether oxygens (including phenoxy) is 2. The lowest BCUT2D eigenvalue weighted by molar-refractivity contribution is -0.122. The zero-order chi connectivity index (χ0) is 19.1. The van der Waals surface area contributed by atoms with Gasteiger partial charge in [-0.25, -0.2) is 4.79 Å². The molecule has 0 aromatic heterocycles.